The number of aromatic nitrogens is 2. The highest BCUT2D eigenvalue weighted by Gasteiger charge is 2.34. The molecule has 1 atom stereocenters. The van der Waals surface area contributed by atoms with Crippen LogP contribution in [0.25, 0.3) is 0 Å². The zero-order valence-electron chi connectivity index (χ0n) is 18.5. The van der Waals surface area contributed by atoms with Crippen molar-refractivity contribution in [3.63, 3.8) is 0 Å². The van der Waals surface area contributed by atoms with Crippen LogP contribution in [-0.2, 0) is 9.59 Å². The number of nitrogens with one attached hydrogen (secondary N) is 1. The van der Waals surface area contributed by atoms with E-state index < -0.39 is 0 Å². The highest BCUT2D eigenvalue weighted by atomic mass is 32.1. The van der Waals surface area contributed by atoms with Gasteiger partial charge in [0.25, 0.3) is 0 Å². The monoisotopic (exact) mass is 468 g/mol. The fourth-order valence-electron chi connectivity index (χ4n) is 4.34. The Morgan fingerprint density at radius 1 is 0.912 bits per heavy atom. The molecule has 0 aliphatic carbocycles. The Morgan fingerprint density at radius 2 is 1.50 bits per heavy atom. The molecular formula is C27H24N4O2S. The molecular weight excluding hydrogens is 444 g/mol. The Morgan fingerprint density at radius 3 is 2.12 bits per heavy atom. The summed E-state index contributed by atoms with van der Waals surface area (Å²) in [5.41, 5.74) is 3.07. The molecule has 1 aromatic heterocycles. The summed E-state index contributed by atoms with van der Waals surface area (Å²) in [5, 5.41) is 12.6. The quantitative estimate of drug-likeness (QED) is 0.404. The molecule has 1 aliphatic heterocycles. The SMILES string of the molecule is O=C(CC(c1ccccc1)c1ccccc1)Nc1nnc(C2CC(=O)N(c3ccccc3)C2)s1. The van der Waals surface area contributed by atoms with Crippen molar-refractivity contribution in [1.29, 1.82) is 0 Å². The maximum atomic E-state index is 13.0. The van der Waals surface area contributed by atoms with Crippen LogP contribution < -0.4 is 10.2 Å². The number of anilines is 2. The predicted molar refractivity (Wildman–Crippen MR) is 134 cm³/mol. The normalized spacial score (nSPS) is 15.6. The van der Waals surface area contributed by atoms with E-state index in [-0.39, 0.29) is 23.7 Å². The highest BCUT2D eigenvalue weighted by Crippen LogP contribution is 2.34. The Bertz CT molecular complexity index is 1220. The highest BCUT2D eigenvalue weighted by molar-refractivity contribution is 7.15. The lowest BCUT2D eigenvalue weighted by molar-refractivity contribution is -0.117. The fraction of sp³-hybridized carbons (Fsp3) is 0.185. The van der Waals surface area contributed by atoms with Crippen LogP contribution in [0.3, 0.4) is 0 Å². The van der Waals surface area contributed by atoms with Crippen LogP contribution in [0, 0.1) is 0 Å². The molecule has 4 aromatic rings. The molecule has 3 aromatic carbocycles. The molecule has 5 rings (SSSR count). The first-order valence-electron chi connectivity index (χ1n) is 11.3. The second-order valence-corrected chi connectivity index (χ2v) is 9.32. The zero-order valence-corrected chi connectivity index (χ0v) is 19.3. The average molecular weight is 469 g/mol. The number of amides is 2. The molecule has 1 unspecified atom stereocenters. The summed E-state index contributed by atoms with van der Waals surface area (Å²) in [5.74, 6) is -0.127. The van der Waals surface area contributed by atoms with E-state index >= 15 is 0 Å². The molecule has 1 aliphatic rings. The van der Waals surface area contributed by atoms with Crippen molar-refractivity contribution in [2.45, 2.75) is 24.7 Å². The molecule has 2 amide bonds. The third-order valence-corrected chi connectivity index (χ3v) is 7.02. The van der Waals surface area contributed by atoms with Crippen LogP contribution in [0.1, 0.15) is 40.8 Å². The third kappa shape index (κ3) is 4.89. The second kappa shape index (κ2) is 9.97. The number of rotatable bonds is 7. The minimum atomic E-state index is -0.117. The van der Waals surface area contributed by atoms with Gasteiger partial charge in [-0.05, 0) is 23.3 Å². The summed E-state index contributed by atoms with van der Waals surface area (Å²) < 4.78 is 0. The lowest BCUT2D eigenvalue weighted by Crippen LogP contribution is -2.24. The van der Waals surface area contributed by atoms with Crippen molar-refractivity contribution >= 4 is 34.0 Å². The van der Waals surface area contributed by atoms with Gasteiger partial charge < -0.3 is 10.2 Å². The molecule has 34 heavy (non-hydrogen) atoms. The fourth-order valence-corrected chi connectivity index (χ4v) is 5.19. The Balaban J connectivity index is 1.26. The minimum Gasteiger partial charge on any atom is -0.312 e. The maximum absolute atomic E-state index is 13.0. The van der Waals surface area contributed by atoms with Crippen molar-refractivity contribution in [1.82, 2.24) is 10.2 Å². The van der Waals surface area contributed by atoms with Gasteiger partial charge in [0, 0.05) is 36.9 Å². The van der Waals surface area contributed by atoms with Gasteiger partial charge in [-0.3, -0.25) is 9.59 Å². The van der Waals surface area contributed by atoms with E-state index in [0.29, 0.717) is 24.5 Å². The Hall–Kier alpha value is -3.84. The first-order valence-corrected chi connectivity index (χ1v) is 12.1. The third-order valence-electron chi connectivity index (χ3n) is 6.02. The second-order valence-electron chi connectivity index (χ2n) is 8.31. The maximum Gasteiger partial charge on any atom is 0.227 e. The van der Waals surface area contributed by atoms with E-state index in [1.54, 1.807) is 4.90 Å². The average Bonchev–Trinajstić information content (AvgIpc) is 3.50. The standard InChI is InChI=1S/C27H24N4O2S/c32-24(17-23(19-10-4-1-5-11-19)20-12-6-2-7-13-20)28-27-30-29-26(34-27)21-16-25(33)31(18-21)22-14-8-3-9-15-22/h1-15,21,23H,16-18H2,(H,28,30,32). The van der Waals surface area contributed by atoms with Crippen molar-refractivity contribution in [3.8, 4) is 0 Å². The summed E-state index contributed by atoms with van der Waals surface area (Å²) in [6, 6.07) is 29.7. The van der Waals surface area contributed by atoms with Gasteiger partial charge in [-0.15, -0.1) is 10.2 Å². The van der Waals surface area contributed by atoms with Gasteiger partial charge in [-0.25, -0.2) is 0 Å². The van der Waals surface area contributed by atoms with Gasteiger partial charge in [-0.1, -0.05) is 90.2 Å². The van der Waals surface area contributed by atoms with Crippen LogP contribution >= 0.6 is 11.3 Å². The summed E-state index contributed by atoms with van der Waals surface area (Å²) in [7, 11) is 0. The summed E-state index contributed by atoms with van der Waals surface area (Å²) in [4.78, 5) is 27.3. The number of hydrogen-bond acceptors (Lipinski definition) is 5. The molecule has 0 spiro atoms. The molecule has 170 valence electrons. The number of nitrogens with zero attached hydrogens (tertiary/aromatic N) is 3. The zero-order chi connectivity index (χ0) is 23.3. The largest absolute Gasteiger partial charge is 0.312 e. The summed E-state index contributed by atoms with van der Waals surface area (Å²) >= 11 is 1.34. The number of carbonyl (C=O) groups excluding carboxylic acids is 2. The van der Waals surface area contributed by atoms with Crippen molar-refractivity contribution < 1.29 is 9.59 Å². The Labute approximate surface area is 202 Å². The minimum absolute atomic E-state index is 0.0303. The predicted octanol–water partition coefficient (Wildman–Crippen LogP) is 5.22. The molecule has 1 N–H and O–H groups in total. The van der Waals surface area contributed by atoms with Crippen molar-refractivity contribution in [2.24, 2.45) is 0 Å². The van der Waals surface area contributed by atoms with E-state index in [4.69, 9.17) is 0 Å². The number of carbonyl (C=O) groups is 2. The number of benzene rings is 3. The van der Waals surface area contributed by atoms with Crippen LogP contribution in [-0.4, -0.2) is 28.6 Å². The van der Waals surface area contributed by atoms with Crippen LogP contribution in [0.4, 0.5) is 10.8 Å². The van der Waals surface area contributed by atoms with Gasteiger partial charge in [0.2, 0.25) is 16.9 Å². The molecule has 1 fully saturated rings. The van der Waals surface area contributed by atoms with E-state index in [2.05, 4.69) is 15.5 Å². The topological polar surface area (TPSA) is 75.2 Å². The van der Waals surface area contributed by atoms with Crippen LogP contribution in [0.2, 0.25) is 0 Å². The van der Waals surface area contributed by atoms with Crippen LogP contribution in [0.5, 0.6) is 0 Å². The molecule has 2 heterocycles. The summed E-state index contributed by atoms with van der Waals surface area (Å²) in [6.07, 6.45) is 0.689. The molecule has 7 heteroatoms. The van der Waals surface area contributed by atoms with Gasteiger partial charge in [-0.2, -0.15) is 0 Å². The van der Waals surface area contributed by atoms with E-state index in [1.165, 1.54) is 11.3 Å². The molecule has 1 saturated heterocycles. The molecule has 0 radical (unpaired) electrons. The van der Waals surface area contributed by atoms with Crippen LogP contribution in [0.15, 0.2) is 91.0 Å². The van der Waals surface area contributed by atoms with Crippen molar-refractivity contribution in [3.05, 3.63) is 107 Å². The van der Waals surface area contributed by atoms with E-state index in [0.717, 1.165) is 21.8 Å². The first-order chi connectivity index (χ1) is 16.7. The molecule has 6 nitrogen and oxygen atoms in total. The van der Waals surface area contributed by atoms with E-state index in [9.17, 15) is 9.59 Å². The van der Waals surface area contributed by atoms with Gasteiger partial charge in [0.15, 0.2) is 0 Å². The summed E-state index contributed by atoms with van der Waals surface area (Å²) in [6.45, 7) is 0.565. The van der Waals surface area contributed by atoms with Gasteiger partial charge in [0.05, 0.1) is 0 Å². The number of hydrogen-bond donors (Lipinski definition) is 1. The molecule has 0 saturated carbocycles. The van der Waals surface area contributed by atoms with Crippen molar-refractivity contribution in [2.75, 3.05) is 16.8 Å². The Kier molecular flexibility index (Phi) is 6.44. The lowest BCUT2D eigenvalue weighted by atomic mass is 9.88. The first kappa shape index (κ1) is 22.0. The van der Waals surface area contributed by atoms with Gasteiger partial charge in [0.1, 0.15) is 5.01 Å². The lowest BCUT2D eigenvalue weighted by Gasteiger charge is -2.17. The molecule has 0 bridgehead atoms. The smallest absolute Gasteiger partial charge is 0.227 e. The number of para-hydroxylation sites is 1. The van der Waals surface area contributed by atoms with Gasteiger partial charge >= 0.3 is 0 Å². The van der Waals surface area contributed by atoms with E-state index in [1.807, 2.05) is 91.0 Å².